The molecule has 60 valence electrons. The van der Waals surface area contributed by atoms with Crippen molar-refractivity contribution >= 4 is 0 Å². The lowest BCUT2D eigenvalue weighted by atomic mass is 9.94. The van der Waals surface area contributed by atoms with Crippen molar-refractivity contribution in [3.05, 3.63) is 0 Å². The maximum atomic E-state index is 4.95. The van der Waals surface area contributed by atoms with E-state index in [1.807, 2.05) is 0 Å². The lowest BCUT2D eigenvalue weighted by Crippen LogP contribution is -2.43. The summed E-state index contributed by atoms with van der Waals surface area (Å²) in [7, 11) is 1.69. The van der Waals surface area contributed by atoms with Gasteiger partial charge in [0, 0.05) is 5.54 Å². The summed E-state index contributed by atoms with van der Waals surface area (Å²) in [6, 6.07) is 0. The summed E-state index contributed by atoms with van der Waals surface area (Å²) in [6.07, 6.45) is 3.87. The van der Waals surface area contributed by atoms with Crippen LogP contribution in [-0.4, -0.2) is 12.6 Å². The Morgan fingerprint density at radius 1 is 1.60 bits per heavy atom. The van der Waals surface area contributed by atoms with Crippen LogP contribution < -0.4 is 5.48 Å². The van der Waals surface area contributed by atoms with E-state index in [9.17, 15) is 0 Å². The highest BCUT2D eigenvalue weighted by Crippen LogP contribution is 2.41. The average Bonchev–Trinajstić information content (AvgIpc) is 2.69. The van der Waals surface area contributed by atoms with Crippen molar-refractivity contribution in [2.24, 2.45) is 5.92 Å². The summed E-state index contributed by atoms with van der Waals surface area (Å²) in [5.41, 5.74) is 3.30. The van der Waals surface area contributed by atoms with Gasteiger partial charge in [-0.15, -0.1) is 0 Å². The fraction of sp³-hybridized carbons (Fsp3) is 1.00. The molecule has 0 saturated heterocycles. The maximum absolute atomic E-state index is 4.95. The summed E-state index contributed by atoms with van der Waals surface area (Å²) >= 11 is 0. The Kier molecular flexibility index (Phi) is 2.32. The van der Waals surface area contributed by atoms with E-state index in [0.29, 0.717) is 0 Å². The van der Waals surface area contributed by atoms with Crippen molar-refractivity contribution in [3.63, 3.8) is 0 Å². The van der Waals surface area contributed by atoms with E-state index >= 15 is 0 Å². The highest BCUT2D eigenvalue weighted by Gasteiger charge is 2.40. The van der Waals surface area contributed by atoms with E-state index in [4.69, 9.17) is 4.84 Å². The predicted octanol–water partition coefficient (Wildman–Crippen LogP) is 1.72. The van der Waals surface area contributed by atoms with Gasteiger partial charge in [0.25, 0.3) is 0 Å². The van der Waals surface area contributed by atoms with Crippen molar-refractivity contribution in [1.29, 1.82) is 0 Å². The van der Waals surface area contributed by atoms with Gasteiger partial charge in [-0.3, -0.25) is 0 Å². The number of hydrogen-bond acceptors (Lipinski definition) is 2. The molecule has 1 unspecified atom stereocenters. The van der Waals surface area contributed by atoms with Crippen LogP contribution in [0.1, 0.15) is 33.1 Å². The van der Waals surface area contributed by atoms with E-state index in [0.717, 1.165) is 12.3 Å². The summed E-state index contributed by atoms with van der Waals surface area (Å²) in [6.45, 7) is 4.43. The Balaban J connectivity index is 2.39. The minimum Gasteiger partial charge on any atom is -0.305 e. The zero-order valence-electron chi connectivity index (χ0n) is 7.11. The summed E-state index contributed by atoms with van der Waals surface area (Å²) < 4.78 is 0. The van der Waals surface area contributed by atoms with Crippen molar-refractivity contribution in [2.45, 2.75) is 38.6 Å². The van der Waals surface area contributed by atoms with E-state index in [-0.39, 0.29) is 5.54 Å². The Bertz CT molecular complexity index is 112. The molecule has 0 amide bonds. The van der Waals surface area contributed by atoms with Crippen LogP contribution in [0.15, 0.2) is 0 Å². The first kappa shape index (κ1) is 8.02. The van der Waals surface area contributed by atoms with Gasteiger partial charge in [0.15, 0.2) is 0 Å². The molecule has 2 heteroatoms. The van der Waals surface area contributed by atoms with Crippen LogP contribution in [0, 0.1) is 5.92 Å². The molecule has 0 radical (unpaired) electrons. The van der Waals surface area contributed by atoms with E-state index < -0.39 is 0 Å². The van der Waals surface area contributed by atoms with Crippen LogP contribution in [0.3, 0.4) is 0 Å². The zero-order chi connectivity index (χ0) is 7.61. The van der Waals surface area contributed by atoms with Gasteiger partial charge in [-0.25, -0.2) is 0 Å². The van der Waals surface area contributed by atoms with Crippen LogP contribution in [0.5, 0.6) is 0 Å². The lowest BCUT2D eigenvalue weighted by molar-refractivity contribution is 0.00777. The van der Waals surface area contributed by atoms with Crippen molar-refractivity contribution in [2.75, 3.05) is 7.11 Å². The summed E-state index contributed by atoms with van der Waals surface area (Å²) in [5.74, 6) is 0.845. The molecule has 1 fully saturated rings. The smallest absolute Gasteiger partial charge is 0.0572 e. The molecule has 0 aromatic heterocycles. The first-order chi connectivity index (χ1) is 4.73. The Morgan fingerprint density at radius 2 is 2.20 bits per heavy atom. The Labute approximate surface area is 62.9 Å². The number of hydroxylamine groups is 1. The second kappa shape index (κ2) is 2.89. The van der Waals surface area contributed by atoms with Crippen molar-refractivity contribution in [3.8, 4) is 0 Å². The molecular weight excluding hydrogens is 126 g/mol. The molecule has 0 heterocycles. The molecule has 0 bridgehead atoms. The fourth-order valence-electron chi connectivity index (χ4n) is 1.40. The van der Waals surface area contributed by atoms with Crippen LogP contribution in [0.2, 0.25) is 0 Å². The Hall–Kier alpha value is -0.0800. The first-order valence-corrected chi connectivity index (χ1v) is 4.03. The second-order valence-electron chi connectivity index (χ2n) is 3.35. The monoisotopic (exact) mass is 143 g/mol. The van der Waals surface area contributed by atoms with Crippen LogP contribution in [-0.2, 0) is 4.84 Å². The quantitative estimate of drug-likeness (QED) is 0.605. The van der Waals surface area contributed by atoms with Gasteiger partial charge >= 0.3 is 0 Å². The molecule has 0 aromatic rings. The van der Waals surface area contributed by atoms with Gasteiger partial charge in [0.05, 0.1) is 7.11 Å². The van der Waals surface area contributed by atoms with Gasteiger partial charge in [-0.2, -0.15) is 5.48 Å². The largest absolute Gasteiger partial charge is 0.305 e. The van der Waals surface area contributed by atoms with Gasteiger partial charge < -0.3 is 4.84 Å². The second-order valence-corrected chi connectivity index (χ2v) is 3.35. The molecule has 1 aliphatic carbocycles. The highest BCUT2D eigenvalue weighted by atomic mass is 16.6. The predicted molar refractivity (Wildman–Crippen MR) is 41.6 cm³/mol. The molecule has 1 N–H and O–H groups in total. The molecule has 1 atom stereocenters. The number of nitrogens with one attached hydrogen (secondary N) is 1. The van der Waals surface area contributed by atoms with E-state index in [1.165, 1.54) is 12.8 Å². The van der Waals surface area contributed by atoms with Crippen LogP contribution >= 0.6 is 0 Å². The standard InChI is InChI=1S/C8H17NO/c1-4-8(2,9-10-3)7-5-6-7/h7,9H,4-6H2,1-3H3. The van der Waals surface area contributed by atoms with E-state index in [1.54, 1.807) is 7.11 Å². The summed E-state index contributed by atoms with van der Waals surface area (Å²) in [5, 5.41) is 0. The first-order valence-electron chi connectivity index (χ1n) is 4.03. The fourth-order valence-corrected chi connectivity index (χ4v) is 1.40. The topological polar surface area (TPSA) is 21.3 Å². The highest BCUT2D eigenvalue weighted by molar-refractivity contribution is 4.94. The third-order valence-electron chi connectivity index (χ3n) is 2.55. The van der Waals surface area contributed by atoms with E-state index in [2.05, 4.69) is 19.3 Å². The zero-order valence-corrected chi connectivity index (χ0v) is 7.11. The molecule has 0 aromatic carbocycles. The number of rotatable bonds is 4. The average molecular weight is 143 g/mol. The van der Waals surface area contributed by atoms with Gasteiger partial charge in [0.1, 0.15) is 0 Å². The molecule has 2 nitrogen and oxygen atoms in total. The third-order valence-corrected chi connectivity index (χ3v) is 2.55. The van der Waals surface area contributed by atoms with Crippen molar-refractivity contribution < 1.29 is 4.84 Å². The van der Waals surface area contributed by atoms with Crippen molar-refractivity contribution in [1.82, 2.24) is 5.48 Å². The molecule has 1 rings (SSSR count). The molecular formula is C8H17NO. The molecule has 0 aliphatic heterocycles. The minimum atomic E-state index is 0.231. The molecule has 0 spiro atoms. The molecule has 1 saturated carbocycles. The van der Waals surface area contributed by atoms with Gasteiger partial charge in [-0.1, -0.05) is 6.92 Å². The lowest BCUT2D eigenvalue weighted by Gasteiger charge is -2.27. The Morgan fingerprint density at radius 3 is 2.50 bits per heavy atom. The molecule has 10 heavy (non-hydrogen) atoms. The SMILES string of the molecule is CCC(C)(NOC)C1CC1. The van der Waals surface area contributed by atoms with Crippen LogP contribution in [0.25, 0.3) is 0 Å². The molecule has 1 aliphatic rings. The van der Waals surface area contributed by atoms with Gasteiger partial charge in [0.2, 0.25) is 0 Å². The summed E-state index contributed by atoms with van der Waals surface area (Å²) in [4.78, 5) is 4.95. The maximum Gasteiger partial charge on any atom is 0.0572 e. The van der Waals surface area contributed by atoms with Gasteiger partial charge in [-0.05, 0) is 32.1 Å². The normalized spacial score (nSPS) is 24.3. The van der Waals surface area contributed by atoms with Crippen LogP contribution in [0.4, 0.5) is 0 Å². The third kappa shape index (κ3) is 1.50. The minimum absolute atomic E-state index is 0.231. The number of hydrogen-bond donors (Lipinski definition) is 1.